The van der Waals surface area contributed by atoms with Crippen molar-refractivity contribution in [3.05, 3.63) is 0 Å². The number of likely N-dealkylation sites (N-methyl/N-ethyl adjacent to an activating group) is 2. The molecule has 0 radical (unpaired) electrons. The molecular formula is C15H31N3O. The van der Waals surface area contributed by atoms with Crippen molar-refractivity contribution in [2.24, 2.45) is 5.92 Å². The third kappa shape index (κ3) is 3.48. The average Bonchev–Trinajstić information content (AvgIpc) is 2.89. The summed E-state index contributed by atoms with van der Waals surface area (Å²) in [6, 6.07) is 0. The second-order valence-electron chi connectivity index (χ2n) is 6.22. The molecule has 0 aromatic rings. The summed E-state index contributed by atoms with van der Waals surface area (Å²) in [6.45, 7) is 9.79. The molecule has 19 heavy (non-hydrogen) atoms. The van der Waals surface area contributed by atoms with E-state index in [1.165, 1.54) is 58.5 Å². The fourth-order valence-electron chi connectivity index (χ4n) is 3.85. The topological polar surface area (TPSA) is 38.7 Å². The van der Waals surface area contributed by atoms with Crippen LogP contribution in [0.15, 0.2) is 0 Å². The number of piperazine rings is 1. The molecule has 2 N–H and O–H groups in total. The van der Waals surface area contributed by atoms with Gasteiger partial charge < -0.3 is 20.2 Å². The molecule has 1 aliphatic carbocycles. The quantitative estimate of drug-likeness (QED) is 0.747. The first-order valence-electron chi connectivity index (χ1n) is 7.98. The molecule has 1 saturated heterocycles. The van der Waals surface area contributed by atoms with Crippen LogP contribution in [0.3, 0.4) is 0 Å². The summed E-state index contributed by atoms with van der Waals surface area (Å²) in [4.78, 5) is 5.12. The molecule has 1 heterocycles. The van der Waals surface area contributed by atoms with E-state index in [4.69, 9.17) is 0 Å². The van der Waals surface area contributed by atoms with Crippen LogP contribution in [0.25, 0.3) is 0 Å². The zero-order valence-electron chi connectivity index (χ0n) is 12.7. The van der Waals surface area contributed by atoms with Crippen LogP contribution in [-0.2, 0) is 0 Å². The molecule has 2 aliphatic rings. The lowest BCUT2D eigenvalue weighted by Gasteiger charge is -2.37. The van der Waals surface area contributed by atoms with Crippen LogP contribution < -0.4 is 5.32 Å². The van der Waals surface area contributed by atoms with Gasteiger partial charge >= 0.3 is 0 Å². The molecular weight excluding hydrogens is 238 g/mol. The van der Waals surface area contributed by atoms with E-state index < -0.39 is 0 Å². The summed E-state index contributed by atoms with van der Waals surface area (Å²) in [5, 5.41) is 13.1. The van der Waals surface area contributed by atoms with Crippen molar-refractivity contribution in [1.29, 1.82) is 0 Å². The third-order valence-electron chi connectivity index (χ3n) is 5.44. The average molecular weight is 269 g/mol. The van der Waals surface area contributed by atoms with Gasteiger partial charge in [-0.25, -0.2) is 0 Å². The summed E-state index contributed by atoms with van der Waals surface area (Å²) >= 11 is 0. The highest BCUT2D eigenvalue weighted by molar-refractivity contribution is 4.98. The normalized spacial score (nSPS) is 33.9. The predicted molar refractivity (Wildman–Crippen MR) is 79.4 cm³/mol. The van der Waals surface area contributed by atoms with Crippen molar-refractivity contribution in [3.63, 3.8) is 0 Å². The van der Waals surface area contributed by atoms with Crippen LogP contribution in [0.1, 0.15) is 32.6 Å². The van der Waals surface area contributed by atoms with Gasteiger partial charge in [0.15, 0.2) is 0 Å². The third-order valence-corrected chi connectivity index (χ3v) is 5.44. The molecule has 1 aliphatic heterocycles. The van der Waals surface area contributed by atoms with Gasteiger partial charge in [-0.1, -0.05) is 13.3 Å². The lowest BCUT2D eigenvalue weighted by Crippen LogP contribution is -2.51. The molecule has 2 unspecified atom stereocenters. The van der Waals surface area contributed by atoms with Gasteiger partial charge in [-0.05, 0) is 45.3 Å². The monoisotopic (exact) mass is 269 g/mol. The molecule has 4 heteroatoms. The van der Waals surface area contributed by atoms with E-state index in [1.54, 1.807) is 0 Å². The maximum Gasteiger partial charge on any atom is 0.0615 e. The van der Waals surface area contributed by atoms with Crippen LogP contribution in [0.2, 0.25) is 0 Å². The van der Waals surface area contributed by atoms with E-state index in [-0.39, 0.29) is 12.1 Å². The van der Waals surface area contributed by atoms with Crippen LogP contribution in [0, 0.1) is 5.92 Å². The number of nitrogens with one attached hydrogen (secondary N) is 1. The lowest BCUT2D eigenvalue weighted by atomic mass is 9.85. The van der Waals surface area contributed by atoms with Gasteiger partial charge in [-0.3, -0.25) is 0 Å². The lowest BCUT2D eigenvalue weighted by molar-refractivity contribution is 0.100. The minimum Gasteiger partial charge on any atom is -0.394 e. The molecule has 4 nitrogen and oxygen atoms in total. The van der Waals surface area contributed by atoms with Gasteiger partial charge in [0.1, 0.15) is 0 Å². The van der Waals surface area contributed by atoms with Crippen molar-refractivity contribution < 1.29 is 5.11 Å². The van der Waals surface area contributed by atoms with Gasteiger partial charge in [0.05, 0.1) is 6.61 Å². The molecule has 2 atom stereocenters. The van der Waals surface area contributed by atoms with Gasteiger partial charge in [-0.15, -0.1) is 0 Å². The second-order valence-corrected chi connectivity index (χ2v) is 6.22. The smallest absolute Gasteiger partial charge is 0.0615 e. The van der Waals surface area contributed by atoms with E-state index in [2.05, 4.69) is 22.0 Å². The first kappa shape index (κ1) is 15.2. The zero-order valence-corrected chi connectivity index (χ0v) is 12.7. The highest BCUT2D eigenvalue weighted by Crippen LogP contribution is 2.37. The summed E-state index contributed by atoms with van der Waals surface area (Å²) in [7, 11) is 2.01. The Morgan fingerprint density at radius 2 is 1.89 bits per heavy atom. The van der Waals surface area contributed by atoms with Gasteiger partial charge in [0.2, 0.25) is 0 Å². The Hall–Kier alpha value is -0.160. The van der Waals surface area contributed by atoms with Crippen LogP contribution >= 0.6 is 0 Å². The largest absolute Gasteiger partial charge is 0.394 e. The maximum absolute atomic E-state index is 9.71. The molecule has 2 fully saturated rings. The first-order chi connectivity index (χ1) is 9.24. The SMILES string of the molecule is CCN1CCN(CCC2CCCC2(CO)NC)CC1. The van der Waals surface area contributed by atoms with Crippen molar-refractivity contribution in [2.75, 3.05) is 52.9 Å². The molecule has 1 saturated carbocycles. The maximum atomic E-state index is 9.71. The van der Waals surface area contributed by atoms with Crippen molar-refractivity contribution in [2.45, 2.75) is 38.1 Å². The van der Waals surface area contributed by atoms with Crippen molar-refractivity contribution in [1.82, 2.24) is 15.1 Å². The Labute approximate surface area is 118 Å². The molecule has 0 aromatic carbocycles. The van der Waals surface area contributed by atoms with E-state index in [9.17, 15) is 5.11 Å². The molecule has 0 amide bonds. The highest BCUT2D eigenvalue weighted by Gasteiger charge is 2.40. The molecule has 0 bridgehead atoms. The van der Waals surface area contributed by atoms with Crippen LogP contribution in [0.4, 0.5) is 0 Å². The molecule has 0 spiro atoms. The van der Waals surface area contributed by atoms with Crippen LogP contribution in [0.5, 0.6) is 0 Å². The summed E-state index contributed by atoms with van der Waals surface area (Å²) in [6.07, 6.45) is 4.90. The predicted octanol–water partition coefficient (Wildman–Crippen LogP) is 0.765. The summed E-state index contributed by atoms with van der Waals surface area (Å²) in [5.74, 6) is 0.645. The van der Waals surface area contributed by atoms with Crippen molar-refractivity contribution >= 4 is 0 Å². The number of aliphatic hydroxyl groups excluding tert-OH is 1. The Bertz CT molecular complexity index is 260. The number of hydrogen-bond donors (Lipinski definition) is 2. The fraction of sp³-hybridized carbons (Fsp3) is 1.00. The molecule has 112 valence electrons. The Kier molecular flexibility index (Phi) is 5.63. The number of aliphatic hydroxyl groups is 1. The highest BCUT2D eigenvalue weighted by atomic mass is 16.3. The van der Waals surface area contributed by atoms with E-state index in [0.717, 1.165) is 6.42 Å². The van der Waals surface area contributed by atoms with Gasteiger partial charge in [-0.2, -0.15) is 0 Å². The fourth-order valence-corrected chi connectivity index (χ4v) is 3.85. The first-order valence-corrected chi connectivity index (χ1v) is 7.98. The number of hydrogen-bond acceptors (Lipinski definition) is 4. The number of nitrogens with zero attached hydrogens (tertiary/aromatic N) is 2. The Morgan fingerprint density at radius 1 is 1.21 bits per heavy atom. The Morgan fingerprint density at radius 3 is 2.47 bits per heavy atom. The zero-order chi connectivity index (χ0) is 13.7. The minimum absolute atomic E-state index is 0.00520. The van der Waals surface area contributed by atoms with E-state index >= 15 is 0 Å². The standard InChI is InChI=1S/C15H31N3O/c1-3-17-9-11-18(12-10-17)8-6-14-5-4-7-15(14,13-19)16-2/h14,16,19H,3-13H2,1-2H3. The summed E-state index contributed by atoms with van der Waals surface area (Å²) in [5.41, 5.74) is 0.00520. The van der Waals surface area contributed by atoms with Crippen LogP contribution in [-0.4, -0.2) is 73.4 Å². The number of rotatable bonds is 6. The molecule has 2 rings (SSSR count). The van der Waals surface area contributed by atoms with E-state index in [1.807, 2.05) is 7.05 Å². The van der Waals surface area contributed by atoms with Gasteiger partial charge in [0, 0.05) is 31.7 Å². The van der Waals surface area contributed by atoms with Gasteiger partial charge in [0.25, 0.3) is 0 Å². The van der Waals surface area contributed by atoms with Crippen molar-refractivity contribution in [3.8, 4) is 0 Å². The second kappa shape index (κ2) is 7.02. The molecule has 0 aromatic heterocycles. The Balaban J connectivity index is 1.76. The summed E-state index contributed by atoms with van der Waals surface area (Å²) < 4.78 is 0. The minimum atomic E-state index is 0.00520. The van der Waals surface area contributed by atoms with E-state index in [0.29, 0.717) is 5.92 Å².